The molecule has 1 aromatic carbocycles. The molecule has 6 heteroatoms. The maximum absolute atomic E-state index is 12.1. The van der Waals surface area contributed by atoms with Crippen LogP contribution in [0.2, 0.25) is 0 Å². The molecule has 1 aliphatic rings. The van der Waals surface area contributed by atoms with Crippen LogP contribution in [0.5, 0.6) is 5.75 Å². The van der Waals surface area contributed by atoms with Gasteiger partial charge in [0.25, 0.3) is 5.91 Å². The van der Waals surface area contributed by atoms with Crippen molar-refractivity contribution < 1.29 is 9.53 Å². The highest BCUT2D eigenvalue weighted by atomic mass is 79.9. The molecular weight excluding hydrogens is 334 g/mol. The van der Waals surface area contributed by atoms with E-state index in [0.717, 1.165) is 27.8 Å². The second-order valence-corrected chi connectivity index (χ2v) is 5.69. The minimum atomic E-state index is -0.243. The Morgan fingerprint density at radius 2 is 2.33 bits per heavy atom. The van der Waals surface area contributed by atoms with Gasteiger partial charge >= 0.3 is 0 Å². The maximum atomic E-state index is 12.1. The highest BCUT2D eigenvalue weighted by Gasteiger charge is 2.18. The zero-order valence-electron chi connectivity index (χ0n) is 11.2. The number of nitrogens with one attached hydrogen (secondary N) is 1. The van der Waals surface area contributed by atoms with Gasteiger partial charge in [0, 0.05) is 29.2 Å². The number of rotatable bonds is 3. The Kier molecular flexibility index (Phi) is 3.79. The van der Waals surface area contributed by atoms with E-state index in [-0.39, 0.29) is 11.7 Å². The van der Waals surface area contributed by atoms with Gasteiger partial charge in [-0.1, -0.05) is 15.9 Å². The highest BCUT2D eigenvalue weighted by Crippen LogP contribution is 2.32. The molecule has 5 nitrogen and oxygen atoms in total. The van der Waals surface area contributed by atoms with Gasteiger partial charge in [-0.05, 0) is 29.8 Å². The molecule has 1 amide bonds. The Morgan fingerprint density at radius 3 is 3.14 bits per heavy atom. The van der Waals surface area contributed by atoms with E-state index in [1.165, 1.54) is 0 Å². The Bertz CT molecular complexity index is 703. The van der Waals surface area contributed by atoms with Crippen LogP contribution < -0.4 is 15.8 Å². The third-order valence-electron chi connectivity index (χ3n) is 3.35. The molecule has 0 aliphatic carbocycles. The minimum absolute atomic E-state index is 0.228. The topological polar surface area (TPSA) is 77.2 Å². The van der Waals surface area contributed by atoms with E-state index in [1.54, 1.807) is 18.3 Å². The van der Waals surface area contributed by atoms with Crippen molar-refractivity contribution in [2.75, 3.05) is 12.3 Å². The van der Waals surface area contributed by atoms with Crippen LogP contribution in [-0.4, -0.2) is 17.5 Å². The van der Waals surface area contributed by atoms with Gasteiger partial charge in [0.1, 0.15) is 11.6 Å². The first-order valence-electron chi connectivity index (χ1n) is 6.58. The first-order valence-corrected chi connectivity index (χ1v) is 7.37. The standard InChI is InChI=1S/C15H14BrN3O2/c16-11-6-9-3-5-21-13(9)10(7-11)8-19-15(20)12-2-1-4-18-14(12)17/h1-2,4,6-7H,3,5,8H2,(H2,17,18)(H,19,20). The fourth-order valence-corrected chi connectivity index (χ4v) is 2.91. The molecule has 3 rings (SSSR count). The van der Waals surface area contributed by atoms with Crippen molar-refractivity contribution in [1.82, 2.24) is 10.3 Å². The molecule has 1 aliphatic heterocycles. The number of fused-ring (bicyclic) bond motifs is 1. The fraction of sp³-hybridized carbons (Fsp3) is 0.200. The van der Waals surface area contributed by atoms with Crippen LogP contribution in [0.15, 0.2) is 34.9 Å². The maximum Gasteiger partial charge on any atom is 0.255 e. The van der Waals surface area contributed by atoms with E-state index < -0.39 is 0 Å². The number of carbonyl (C=O) groups is 1. The molecule has 0 spiro atoms. The molecule has 0 atom stereocenters. The number of ether oxygens (including phenoxy) is 1. The van der Waals surface area contributed by atoms with Gasteiger partial charge < -0.3 is 15.8 Å². The van der Waals surface area contributed by atoms with Crippen LogP contribution >= 0.6 is 15.9 Å². The van der Waals surface area contributed by atoms with Gasteiger partial charge in [-0.2, -0.15) is 0 Å². The van der Waals surface area contributed by atoms with Crippen LogP contribution in [0, 0.1) is 0 Å². The molecule has 0 radical (unpaired) electrons. The molecule has 1 aromatic heterocycles. The van der Waals surface area contributed by atoms with E-state index in [4.69, 9.17) is 10.5 Å². The second-order valence-electron chi connectivity index (χ2n) is 4.77. The number of carbonyl (C=O) groups excluding carboxylic acids is 1. The van der Waals surface area contributed by atoms with E-state index in [1.807, 2.05) is 12.1 Å². The average molecular weight is 348 g/mol. The summed E-state index contributed by atoms with van der Waals surface area (Å²) in [7, 11) is 0. The van der Waals surface area contributed by atoms with Crippen molar-refractivity contribution in [1.29, 1.82) is 0 Å². The molecule has 0 bridgehead atoms. The zero-order valence-corrected chi connectivity index (χ0v) is 12.8. The summed E-state index contributed by atoms with van der Waals surface area (Å²) in [4.78, 5) is 16.1. The summed E-state index contributed by atoms with van der Waals surface area (Å²) in [5, 5.41) is 2.85. The smallest absolute Gasteiger partial charge is 0.255 e. The van der Waals surface area contributed by atoms with Crippen molar-refractivity contribution in [2.45, 2.75) is 13.0 Å². The highest BCUT2D eigenvalue weighted by molar-refractivity contribution is 9.10. The van der Waals surface area contributed by atoms with Crippen LogP contribution in [0.3, 0.4) is 0 Å². The van der Waals surface area contributed by atoms with Crippen LogP contribution in [0.1, 0.15) is 21.5 Å². The lowest BCUT2D eigenvalue weighted by molar-refractivity contribution is 0.0951. The van der Waals surface area contributed by atoms with Gasteiger partial charge in [-0.25, -0.2) is 4.98 Å². The fourth-order valence-electron chi connectivity index (χ4n) is 2.36. The normalized spacial score (nSPS) is 12.6. The number of benzene rings is 1. The number of nitrogens with zero attached hydrogens (tertiary/aromatic N) is 1. The predicted octanol–water partition coefficient (Wildman–Crippen LogP) is 2.29. The number of nitrogens with two attached hydrogens (primary N) is 1. The molecule has 0 saturated carbocycles. The summed E-state index contributed by atoms with van der Waals surface area (Å²) in [5.41, 5.74) is 8.19. The van der Waals surface area contributed by atoms with E-state index in [0.29, 0.717) is 18.7 Å². The molecule has 108 valence electrons. The van der Waals surface area contributed by atoms with Crippen LogP contribution in [-0.2, 0) is 13.0 Å². The number of amides is 1. The number of hydrogen-bond donors (Lipinski definition) is 2. The largest absolute Gasteiger partial charge is 0.493 e. The van der Waals surface area contributed by atoms with Gasteiger partial charge in [0.05, 0.1) is 12.2 Å². The van der Waals surface area contributed by atoms with Crippen molar-refractivity contribution in [3.05, 3.63) is 51.6 Å². The number of pyridine rings is 1. The lowest BCUT2D eigenvalue weighted by Crippen LogP contribution is -2.24. The third kappa shape index (κ3) is 2.85. The number of anilines is 1. The Balaban J connectivity index is 1.77. The number of nitrogen functional groups attached to an aromatic ring is 1. The number of aromatic nitrogens is 1. The molecule has 0 unspecified atom stereocenters. The van der Waals surface area contributed by atoms with Crippen molar-refractivity contribution in [3.8, 4) is 5.75 Å². The predicted molar refractivity (Wildman–Crippen MR) is 83.2 cm³/mol. The van der Waals surface area contributed by atoms with Gasteiger partial charge in [0.15, 0.2) is 0 Å². The first kappa shape index (κ1) is 13.9. The van der Waals surface area contributed by atoms with E-state index in [9.17, 15) is 4.79 Å². The summed E-state index contributed by atoms with van der Waals surface area (Å²) in [6.45, 7) is 1.07. The monoisotopic (exact) mass is 347 g/mol. The summed E-state index contributed by atoms with van der Waals surface area (Å²) in [6.07, 6.45) is 2.45. The number of halogens is 1. The quantitative estimate of drug-likeness (QED) is 0.892. The zero-order chi connectivity index (χ0) is 14.8. The summed E-state index contributed by atoms with van der Waals surface area (Å²) in [5.74, 6) is 0.857. The summed E-state index contributed by atoms with van der Waals surface area (Å²) >= 11 is 3.48. The van der Waals surface area contributed by atoms with Gasteiger partial charge in [-0.15, -0.1) is 0 Å². The van der Waals surface area contributed by atoms with Gasteiger partial charge in [0.2, 0.25) is 0 Å². The summed E-state index contributed by atoms with van der Waals surface area (Å²) in [6, 6.07) is 7.34. The Labute approximate surface area is 130 Å². The molecule has 2 aromatic rings. The van der Waals surface area contributed by atoms with Crippen molar-refractivity contribution in [3.63, 3.8) is 0 Å². The Morgan fingerprint density at radius 1 is 1.48 bits per heavy atom. The average Bonchev–Trinajstić information content (AvgIpc) is 2.93. The first-order chi connectivity index (χ1) is 10.1. The molecule has 3 N–H and O–H groups in total. The Hall–Kier alpha value is -2.08. The van der Waals surface area contributed by atoms with Crippen molar-refractivity contribution in [2.24, 2.45) is 0 Å². The molecule has 0 fully saturated rings. The van der Waals surface area contributed by atoms with Crippen molar-refractivity contribution >= 4 is 27.7 Å². The van der Waals surface area contributed by atoms with Gasteiger partial charge in [-0.3, -0.25) is 4.79 Å². The molecular formula is C15H14BrN3O2. The van der Waals surface area contributed by atoms with E-state index in [2.05, 4.69) is 26.2 Å². The SMILES string of the molecule is Nc1ncccc1C(=O)NCc1cc(Br)cc2c1OCC2. The number of hydrogen-bond acceptors (Lipinski definition) is 4. The minimum Gasteiger partial charge on any atom is -0.493 e. The van der Waals surface area contributed by atoms with E-state index >= 15 is 0 Å². The summed E-state index contributed by atoms with van der Waals surface area (Å²) < 4.78 is 6.62. The second kappa shape index (κ2) is 5.73. The van der Waals surface area contributed by atoms with Crippen LogP contribution in [0.4, 0.5) is 5.82 Å². The lowest BCUT2D eigenvalue weighted by atomic mass is 10.1. The molecule has 21 heavy (non-hydrogen) atoms. The molecule has 0 saturated heterocycles. The third-order valence-corrected chi connectivity index (χ3v) is 3.81. The van der Waals surface area contributed by atoms with Crippen LogP contribution in [0.25, 0.3) is 0 Å². The lowest BCUT2D eigenvalue weighted by Gasteiger charge is -2.11. The molecule has 2 heterocycles.